The van der Waals surface area contributed by atoms with Crippen LogP contribution in [0.2, 0.25) is 0 Å². The Labute approximate surface area is 135 Å². The maximum Gasteiger partial charge on any atom is 0.0393 e. The molecule has 0 heterocycles. The summed E-state index contributed by atoms with van der Waals surface area (Å²) in [5.41, 5.74) is 3.72. The Kier molecular flexibility index (Phi) is 5.69. The third-order valence-electron chi connectivity index (χ3n) is 3.44. The van der Waals surface area contributed by atoms with E-state index in [1.54, 1.807) is 0 Å². The molecule has 0 fully saturated rings. The molecule has 1 rings (SSSR count). The summed E-state index contributed by atoms with van der Waals surface area (Å²) in [6.07, 6.45) is 4.09. The van der Waals surface area contributed by atoms with Crippen LogP contribution in [-0.2, 0) is 5.41 Å². The minimum absolute atomic E-state index is 0.0325. The first kappa shape index (κ1) is 17.8. The molecule has 1 heteroatoms. The SMILES string of the molecule is C=C(C)/C=C\C(=C)C(C)(C)Sc1ccc(C(C)(C)C)cc1. The van der Waals surface area contributed by atoms with Gasteiger partial charge in [0.25, 0.3) is 0 Å². The molecule has 0 spiro atoms. The summed E-state index contributed by atoms with van der Waals surface area (Å²) in [4.78, 5) is 1.28. The number of benzene rings is 1. The van der Waals surface area contributed by atoms with Gasteiger partial charge in [-0.2, -0.15) is 0 Å². The molecule has 0 nitrogen and oxygen atoms in total. The molecule has 1 aromatic carbocycles. The van der Waals surface area contributed by atoms with Crippen molar-refractivity contribution in [2.75, 3.05) is 0 Å². The lowest BCUT2D eigenvalue weighted by molar-refractivity contribution is 0.589. The third kappa shape index (κ3) is 5.59. The molecule has 0 aliphatic rings. The summed E-state index contributed by atoms with van der Waals surface area (Å²) >= 11 is 1.84. The van der Waals surface area contributed by atoms with E-state index in [1.807, 2.05) is 24.8 Å². The van der Waals surface area contributed by atoms with Crippen LogP contribution in [0.3, 0.4) is 0 Å². The predicted octanol–water partition coefficient (Wildman–Crippen LogP) is 6.54. The summed E-state index contributed by atoms with van der Waals surface area (Å²) in [5, 5.41) is 0. The van der Waals surface area contributed by atoms with Gasteiger partial charge in [0.2, 0.25) is 0 Å². The van der Waals surface area contributed by atoms with Gasteiger partial charge in [0.1, 0.15) is 0 Å². The van der Waals surface area contributed by atoms with Crippen LogP contribution in [0.5, 0.6) is 0 Å². The quantitative estimate of drug-likeness (QED) is 0.439. The van der Waals surface area contributed by atoms with Crippen LogP contribution in [0.25, 0.3) is 0 Å². The minimum Gasteiger partial charge on any atom is -0.115 e. The standard InChI is InChI=1S/C20H28S/c1-15(2)9-10-16(3)20(7,8)21-18-13-11-17(12-14-18)19(4,5)6/h9-14H,1,3H2,2,4-8H3/b10-9-. The second-order valence-corrected chi connectivity index (χ2v) is 8.79. The summed E-state index contributed by atoms with van der Waals surface area (Å²) in [6.45, 7) is 21.2. The van der Waals surface area contributed by atoms with E-state index in [1.165, 1.54) is 10.5 Å². The molecule has 1 aromatic rings. The van der Waals surface area contributed by atoms with Crippen molar-refractivity contribution in [2.45, 2.75) is 56.6 Å². The average molecular weight is 301 g/mol. The third-order valence-corrected chi connectivity index (χ3v) is 4.72. The van der Waals surface area contributed by atoms with Crippen LogP contribution >= 0.6 is 11.8 Å². The van der Waals surface area contributed by atoms with E-state index in [-0.39, 0.29) is 10.2 Å². The summed E-state index contributed by atoms with van der Waals surface area (Å²) in [7, 11) is 0. The molecule has 0 saturated carbocycles. The molecule has 21 heavy (non-hydrogen) atoms. The molecular formula is C20H28S. The van der Waals surface area contributed by atoms with Crippen molar-refractivity contribution in [3.05, 3.63) is 66.3 Å². The van der Waals surface area contributed by atoms with Crippen molar-refractivity contribution in [3.63, 3.8) is 0 Å². The molecule has 0 atom stereocenters. The lowest BCUT2D eigenvalue weighted by Crippen LogP contribution is -2.16. The molecule has 0 bridgehead atoms. The van der Waals surface area contributed by atoms with Gasteiger partial charge in [-0.1, -0.05) is 63.8 Å². The van der Waals surface area contributed by atoms with E-state index >= 15 is 0 Å². The molecule has 114 valence electrons. The Morgan fingerprint density at radius 2 is 1.48 bits per heavy atom. The van der Waals surface area contributed by atoms with Gasteiger partial charge in [-0.25, -0.2) is 0 Å². The number of hydrogen-bond donors (Lipinski definition) is 0. The summed E-state index contributed by atoms with van der Waals surface area (Å²) in [5.74, 6) is 0. The highest BCUT2D eigenvalue weighted by molar-refractivity contribution is 8.00. The average Bonchev–Trinajstić information content (AvgIpc) is 2.34. The first-order valence-corrected chi connectivity index (χ1v) is 8.16. The zero-order valence-electron chi connectivity index (χ0n) is 14.3. The van der Waals surface area contributed by atoms with Crippen LogP contribution < -0.4 is 0 Å². The zero-order valence-corrected chi connectivity index (χ0v) is 15.1. The molecule has 0 N–H and O–H groups in total. The molecule has 0 aliphatic heterocycles. The van der Waals surface area contributed by atoms with Gasteiger partial charge >= 0.3 is 0 Å². The van der Waals surface area contributed by atoms with Gasteiger partial charge in [-0.15, -0.1) is 11.8 Å². The molecule has 0 saturated heterocycles. The fraction of sp³-hybridized carbons (Fsp3) is 0.400. The van der Waals surface area contributed by atoms with Crippen LogP contribution in [0.1, 0.15) is 47.1 Å². The highest BCUT2D eigenvalue weighted by Crippen LogP contribution is 2.38. The van der Waals surface area contributed by atoms with E-state index in [0.717, 1.165) is 11.1 Å². The number of rotatable bonds is 5. The molecule has 0 radical (unpaired) electrons. The summed E-state index contributed by atoms with van der Waals surface area (Å²) < 4.78 is -0.0325. The Bertz CT molecular complexity index is 536. The van der Waals surface area contributed by atoms with Gasteiger partial charge in [-0.3, -0.25) is 0 Å². The fourth-order valence-corrected chi connectivity index (χ4v) is 2.89. The maximum atomic E-state index is 4.20. The van der Waals surface area contributed by atoms with Gasteiger partial charge in [0, 0.05) is 9.64 Å². The van der Waals surface area contributed by atoms with Crippen LogP contribution in [0.15, 0.2) is 65.6 Å². The van der Waals surface area contributed by atoms with Gasteiger partial charge in [0.15, 0.2) is 0 Å². The summed E-state index contributed by atoms with van der Waals surface area (Å²) in [6, 6.07) is 8.88. The van der Waals surface area contributed by atoms with Crippen molar-refractivity contribution >= 4 is 11.8 Å². The van der Waals surface area contributed by atoms with Gasteiger partial charge in [0.05, 0.1) is 0 Å². The molecular weight excluding hydrogens is 272 g/mol. The van der Waals surface area contributed by atoms with Crippen LogP contribution in [0, 0.1) is 0 Å². The Hall–Kier alpha value is -1.21. The van der Waals surface area contributed by atoms with Crippen molar-refractivity contribution in [1.29, 1.82) is 0 Å². The molecule has 0 amide bonds. The van der Waals surface area contributed by atoms with E-state index in [4.69, 9.17) is 0 Å². The van der Waals surface area contributed by atoms with E-state index in [9.17, 15) is 0 Å². The lowest BCUT2D eigenvalue weighted by Gasteiger charge is -2.26. The first-order chi connectivity index (χ1) is 9.52. The Balaban J connectivity index is 2.84. The van der Waals surface area contributed by atoms with E-state index in [2.05, 4.69) is 78.1 Å². The highest BCUT2D eigenvalue weighted by Gasteiger charge is 2.22. The minimum atomic E-state index is -0.0325. The van der Waals surface area contributed by atoms with Crippen LogP contribution in [0.4, 0.5) is 0 Å². The fourth-order valence-electron chi connectivity index (χ4n) is 1.83. The number of thioether (sulfide) groups is 1. The smallest absolute Gasteiger partial charge is 0.0393 e. The highest BCUT2D eigenvalue weighted by atomic mass is 32.2. The molecule has 0 aliphatic carbocycles. The molecule has 0 unspecified atom stereocenters. The van der Waals surface area contributed by atoms with Crippen molar-refractivity contribution in [3.8, 4) is 0 Å². The largest absolute Gasteiger partial charge is 0.115 e. The van der Waals surface area contributed by atoms with E-state index in [0.29, 0.717) is 0 Å². The van der Waals surface area contributed by atoms with Crippen LogP contribution in [-0.4, -0.2) is 4.75 Å². The number of hydrogen-bond acceptors (Lipinski definition) is 1. The normalized spacial score (nSPS) is 12.7. The van der Waals surface area contributed by atoms with Gasteiger partial charge in [-0.05, 0) is 49.5 Å². The van der Waals surface area contributed by atoms with Crippen molar-refractivity contribution < 1.29 is 0 Å². The van der Waals surface area contributed by atoms with Crippen molar-refractivity contribution in [1.82, 2.24) is 0 Å². The second-order valence-electron chi connectivity index (χ2n) is 7.09. The Morgan fingerprint density at radius 3 is 1.90 bits per heavy atom. The van der Waals surface area contributed by atoms with Crippen molar-refractivity contribution in [2.24, 2.45) is 0 Å². The predicted molar refractivity (Wildman–Crippen MR) is 98.2 cm³/mol. The number of allylic oxidation sites excluding steroid dienone is 3. The van der Waals surface area contributed by atoms with E-state index < -0.39 is 0 Å². The zero-order chi connectivity index (χ0) is 16.3. The lowest BCUT2D eigenvalue weighted by atomic mass is 9.87. The first-order valence-electron chi connectivity index (χ1n) is 7.35. The van der Waals surface area contributed by atoms with Gasteiger partial charge < -0.3 is 0 Å². The topological polar surface area (TPSA) is 0 Å². The maximum absolute atomic E-state index is 4.20. The monoisotopic (exact) mass is 300 g/mol. The Morgan fingerprint density at radius 1 is 0.952 bits per heavy atom. The second kappa shape index (κ2) is 6.70. The molecule has 0 aromatic heterocycles.